The molecule has 6 nitrogen and oxygen atoms in total. The summed E-state index contributed by atoms with van der Waals surface area (Å²) in [6.07, 6.45) is 2.98. The highest BCUT2D eigenvalue weighted by Gasteiger charge is 2.18. The number of nitrogens with one attached hydrogen (secondary N) is 1. The summed E-state index contributed by atoms with van der Waals surface area (Å²) in [7, 11) is 0. The number of hydrogen-bond donors (Lipinski definition) is 1. The number of fused-ring (bicyclic) bond motifs is 1. The molecule has 174 valence electrons. The van der Waals surface area contributed by atoms with Gasteiger partial charge in [0.1, 0.15) is 17.5 Å². The maximum Gasteiger partial charge on any atom is 0.249 e. The van der Waals surface area contributed by atoms with Crippen LogP contribution in [0.3, 0.4) is 0 Å². The number of hydrogen-bond acceptors (Lipinski definition) is 3. The summed E-state index contributed by atoms with van der Waals surface area (Å²) in [5.41, 5.74) is 3.95. The maximum atomic E-state index is 13.4. The topological polar surface area (TPSA) is 64.7 Å². The van der Waals surface area contributed by atoms with Gasteiger partial charge in [-0.1, -0.05) is 36.4 Å². The molecule has 35 heavy (non-hydrogen) atoms. The molecule has 0 radical (unpaired) electrons. The lowest BCUT2D eigenvalue weighted by molar-refractivity contribution is -0.111. The van der Waals surface area contributed by atoms with Crippen LogP contribution in [0.2, 0.25) is 0 Å². The van der Waals surface area contributed by atoms with Crippen molar-refractivity contribution in [3.63, 3.8) is 0 Å². The average molecular weight is 469 g/mol. The predicted octanol–water partition coefficient (Wildman–Crippen LogP) is 5.51. The molecule has 0 unspecified atom stereocenters. The Bertz CT molecular complexity index is 1530. The zero-order valence-electron chi connectivity index (χ0n) is 18.8. The second-order valence-electron chi connectivity index (χ2n) is 8.07. The normalized spacial score (nSPS) is 11.4. The smallest absolute Gasteiger partial charge is 0.249 e. The van der Waals surface area contributed by atoms with E-state index < -0.39 is 0 Å². The molecule has 0 fully saturated rings. The molecular formula is C27H21F2N5O. The van der Waals surface area contributed by atoms with Crippen molar-refractivity contribution in [2.45, 2.75) is 13.5 Å². The molecule has 1 amide bonds. The quantitative estimate of drug-likeness (QED) is 0.334. The number of benzene rings is 3. The number of nitrogens with zero attached hydrogens (tertiary/aromatic N) is 4. The summed E-state index contributed by atoms with van der Waals surface area (Å²) in [5, 5.41) is 7.42. The van der Waals surface area contributed by atoms with Crippen LogP contribution in [0, 0.1) is 18.6 Å². The molecule has 2 heterocycles. The molecule has 5 rings (SSSR count). The van der Waals surface area contributed by atoms with Gasteiger partial charge in [0.05, 0.1) is 23.3 Å². The summed E-state index contributed by atoms with van der Waals surface area (Å²) in [6, 6.07) is 21.6. The van der Waals surface area contributed by atoms with Gasteiger partial charge in [0.25, 0.3) is 0 Å². The minimum atomic E-state index is -0.364. The van der Waals surface area contributed by atoms with Gasteiger partial charge in [-0.3, -0.25) is 4.79 Å². The number of halogens is 2. The third-order valence-electron chi connectivity index (χ3n) is 5.46. The van der Waals surface area contributed by atoms with Crippen LogP contribution in [-0.4, -0.2) is 25.2 Å². The largest absolute Gasteiger partial charge is 0.307 e. The van der Waals surface area contributed by atoms with Gasteiger partial charge in [0.15, 0.2) is 0 Å². The van der Waals surface area contributed by atoms with E-state index in [-0.39, 0.29) is 17.5 Å². The second kappa shape index (κ2) is 9.34. The summed E-state index contributed by atoms with van der Waals surface area (Å²) in [6.45, 7) is 2.26. The van der Waals surface area contributed by atoms with Crippen LogP contribution >= 0.6 is 0 Å². The first-order valence-electron chi connectivity index (χ1n) is 11.0. The monoisotopic (exact) mass is 469 g/mol. The number of aryl methyl sites for hydroxylation is 1. The predicted molar refractivity (Wildman–Crippen MR) is 131 cm³/mol. The Morgan fingerprint density at radius 1 is 0.971 bits per heavy atom. The number of carbonyl (C=O) groups is 1. The molecule has 1 N–H and O–H groups in total. The Kier molecular flexibility index (Phi) is 5.93. The maximum absolute atomic E-state index is 13.4. The van der Waals surface area contributed by atoms with E-state index in [4.69, 9.17) is 4.98 Å². The first kappa shape index (κ1) is 22.2. The van der Waals surface area contributed by atoms with E-state index in [0.29, 0.717) is 29.6 Å². The molecule has 0 saturated carbocycles. The van der Waals surface area contributed by atoms with Crippen molar-refractivity contribution >= 4 is 28.8 Å². The average Bonchev–Trinajstić information content (AvgIpc) is 3.39. The molecule has 0 spiro atoms. The number of anilines is 1. The third kappa shape index (κ3) is 4.86. The first-order valence-corrected chi connectivity index (χ1v) is 11.0. The van der Waals surface area contributed by atoms with E-state index in [1.165, 1.54) is 30.3 Å². The van der Waals surface area contributed by atoms with E-state index in [9.17, 15) is 13.6 Å². The standard InChI is InChI=1S/C27H21F2N5O/c1-18-16-25(31-26(35)15-10-19-6-11-21(28)12-7-19)34(32-18)27-30-23-4-2-3-5-24(23)33(27)17-20-8-13-22(29)14-9-20/h2-16H,17H2,1H3,(H,31,35)/b15-10+. The molecule has 0 saturated heterocycles. The number of rotatable bonds is 6. The fraction of sp³-hybridized carbons (Fsp3) is 0.0741. The molecule has 0 aliphatic rings. The number of amides is 1. The molecule has 8 heteroatoms. The Balaban J connectivity index is 1.49. The Morgan fingerprint density at radius 3 is 2.40 bits per heavy atom. The van der Waals surface area contributed by atoms with Gasteiger partial charge < -0.3 is 9.88 Å². The summed E-state index contributed by atoms with van der Waals surface area (Å²) in [5.74, 6) is -0.0367. The highest BCUT2D eigenvalue weighted by atomic mass is 19.1. The van der Waals surface area contributed by atoms with E-state index in [2.05, 4.69) is 10.4 Å². The van der Waals surface area contributed by atoms with Crippen molar-refractivity contribution < 1.29 is 13.6 Å². The lowest BCUT2D eigenvalue weighted by Crippen LogP contribution is -2.15. The fourth-order valence-electron chi connectivity index (χ4n) is 3.81. The van der Waals surface area contributed by atoms with Crippen LogP contribution in [-0.2, 0) is 11.3 Å². The zero-order chi connectivity index (χ0) is 24.4. The Hall–Kier alpha value is -4.59. The molecule has 0 aliphatic heterocycles. The van der Waals surface area contributed by atoms with Crippen LogP contribution in [0.25, 0.3) is 23.1 Å². The van der Waals surface area contributed by atoms with Crippen LogP contribution in [0.5, 0.6) is 0 Å². The summed E-state index contributed by atoms with van der Waals surface area (Å²) >= 11 is 0. The molecule has 5 aromatic rings. The lowest BCUT2D eigenvalue weighted by Gasteiger charge is -2.12. The third-order valence-corrected chi connectivity index (χ3v) is 5.46. The van der Waals surface area contributed by atoms with Crippen molar-refractivity contribution in [1.29, 1.82) is 0 Å². The van der Waals surface area contributed by atoms with Gasteiger partial charge in [-0.2, -0.15) is 9.78 Å². The van der Waals surface area contributed by atoms with Crippen molar-refractivity contribution in [3.8, 4) is 5.95 Å². The number of carbonyl (C=O) groups excluding carboxylic acids is 1. The Morgan fingerprint density at radius 2 is 1.66 bits per heavy atom. The van der Waals surface area contributed by atoms with Gasteiger partial charge >= 0.3 is 0 Å². The molecule has 2 aromatic heterocycles. The second-order valence-corrected chi connectivity index (χ2v) is 8.07. The van der Waals surface area contributed by atoms with E-state index in [0.717, 1.165) is 16.6 Å². The molecule has 0 bridgehead atoms. The molecule has 0 atom stereocenters. The zero-order valence-corrected chi connectivity index (χ0v) is 18.8. The fourth-order valence-corrected chi connectivity index (χ4v) is 3.81. The van der Waals surface area contributed by atoms with Crippen molar-refractivity contribution in [2.75, 3.05) is 5.32 Å². The minimum Gasteiger partial charge on any atom is -0.307 e. The Labute approximate surface area is 200 Å². The van der Waals surface area contributed by atoms with Crippen molar-refractivity contribution in [3.05, 3.63) is 113 Å². The van der Waals surface area contributed by atoms with Crippen LogP contribution in [0.15, 0.2) is 84.9 Å². The highest BCUT2D eigenvalue weighted by Crippen LogP contribution is 2.24. The number of imidazole rings is 1. The molecule has 0 aliphatic carbocycles. The first-order chi connectivity index (χ1) is 17.0. The SMILES string of the molecule is Cc1cc(NC(=O)/C=C/c2ccc(F)cc2)n(-c2nc3ccccc3n2Cc2ccc(F)cc2)n1. The van der Waals surface area contributed by atoms with Crippen LogP contribution in [0.1, 0.15) is 16.8 Å². The van der Waals surface area contributed by atoms with Gasteiger partial charge in [-0.15, -0.1) is 0 Å². The van der Waals surface area contributed by atoms with Crippen molar-refractivity contribution in [1.82, 2.24) is 19.3 Å². The lowest BCUT2D eigenvalue weighted by atomic mass is 10.2. The number of aromatic nitrogens is 4. The van der Waals surface area contributed by atoms with E-state index >= 15 is 0 Å². The van der Waals surface area contributed by atoms with Gasteiger partial charge in [0, 0.05) is 12.1 Å². The molecular weight excluding hydrogens is 448 g/mol. The number of para-hydroxylation sites is 2. The summed E-state index contributed by atoms with van der Waals surface area (Å²) in [4.78, 5) is 17.4. The summed E-state index contributed by atoms with van der Waals surface area (Å²) < 4.78 is 30.1. The highest BCUT2D eigenvalue weighted by molar-refractivity contribution is 6.01. The van der Waals surface area contributed by atoms with E-state index in [1.807, 2.05) is 35.8 Å². The van der Waals surface area contributed by atoms with Gasteiger partial charge in [-0.05, 0) is 60.5 Å². The van der Waals surface area contributed by atoms with Crippen molar-refractivity contribution in [2.24, 2.45) is 0 Å². The van der Waals surface area contributed by atoms with Gasteiger partial charge in [0.2, 0.25) is 11.9 Å². The van der Waals surface area contributed by atoms with Crippen LogP contribution < -0.4 is 5.32 Å². The van der Waals surface area contributed by atoms with Gasteiger partial charge in [-0.25, -0.2) is 13.8 Å². The van der Waals surface area contributed by atoms with Crippen LogP contribution in [0.4, 0.5) is 14.6 Å². The van der Waals surface area contributed by atoms with E-state index in [1.54, 1.807) is 41.1 Å². The molecule has 3 aromatic carbocycles. The minimum absolute atomic E-state index is 0.300.